The second-order valence-corrected chi connectivity index (χ2v) is 5.53. The third-order valence-corrected chi connectivity index (χ3v) is 4.20. The minimum Gasteiger partial charge on any atom is -0.325 e. The van der Waals surface area contributed by atoms with E-state index in [4.69, 9.17) is 5.73 Å². The average Bonchev–Trinajstić information content (AvgIpc) is 2.94. The maximum absolute atomic E-state index is 5.52. The van der Waals surface area contributed by atoms with E-state index < -0.39 is 0 Å². The highest BCUT2D eigenvalue weighted by molar-refractivity contribution is 8.00. The van der Waals surface area contributed by atoms with Gasteiger partial charge in [-0.1, -0.05) is 23.4 Å². The molecule has 1 atom stereocenters. The summed E-state index contributed by atoms with van der Waals surface area (Å²) in [5.41, 5.74) is 7.82. The molecular formula is C12H14N4S. The van der Waals surface area contributed by atoms with Gasteiger partial charge in [0.2, 0.25) is 0 Å². The first kappa shape index (κ1) is 10.8. The lowest BCUT2D eigenvalue weighted by Gasteiger charge is -2.06. The standard InChI is InChI=1S/C12H14N4S/c13-6-10-7-16(15-14-10)8-11-5-9-3-1-2-4-12(9)17-11/h1-4,7,11H,5-6,8,13H2. The number of benzene rings is 1. The number of hydrogen-bond acceptors (Lipinski definition) is 4. The third-order valence-electron chi connectivity index (χ3n) is 2.90. The van der Waals surface area contributed by atoms with Crippen molar-refractivity contribution in [2.24, 2.45) is 5.73 Å². The molecule has 2 N–H and O–H groups in total. The fraction of sp³-hybridized carbons (Fsp3) is 0.333. The highest BCUT2D eigenvalue weighted by Gasteiger charge is 2.22. The number of aromatic nitrogens is 3. The SMILES string of the molecule is NCc1cn(CC2Cc3ccccc3S2)nn1. The molecule has 3 rings (SSSR count). The zero-order chi connectivity index (χ0) is 11.7. The first-order valence-corrected chi connectivity index (χ1v) is 6.57. The molecule has 88 valence electrons. The van der Waals surface area contributed by atoms with Crippen LogP contribution in [0, 0.1) is 0 Å². The Kier molecular flexibility index (Phi) is 2.86. The normalized spacial score (nSPS) is 18.3. The van der Waals surface area contributed by atoms with Crippen molar-refractivity contribution in [1.29, 1.82) is 0 Å². The van der Waals surface area contributed by atoms with Gasteiger partial charge in [0.1, 0.15) is 0 Å². The number of nitrogens with two attached hydrogens (primary N) is 1. The van der Waals surface area contributed by atoms with Crippen LogP contribution in [0.5, 0.6) is 0 Å². The summed E-state index contributed by atoms with van der Waals surface area (Å²) in [6.07, 6.45) is 3.04. The van der Waals surface area contributed by atoms with E-state index in [-0.39, 0.29) is 0 Å². The lowest BCUT2D eigenvalue weighted by atomic mass is 10.1. The summed E-state index contributed by atoms with van der Waals surface area (Å²) in [5.74, 6) is 0. The number of fused-ring (bicyclic) bond motifs is 1. The first-order chi connectivity index (χ1) is 8.35. The minimum absolute atomic E-state index is 0.456. The summed E-state index contributed by atoms with van der Waals surface area (Å²) in [6.45, 7) is 1.35. The molecule has 0 spiro atoms. The second kappa shape index (κ2) is 4.50. The summed E-state index contributed by atoms with van der Waals surface area (Å²) in [4.78, 5) is 1.40. The number of hydrogen-bond donors (Lipinski definition) is 1. The zero-order valence-electron chi connectivity index (χ0n) is 9.41. The Morgan fingerprint density at radius 3 is 3.06 bits per heavy atom. The summed E-state index contributed by atoms with van der Waals surface area (Å²) in [5, 5.41) is 8.65. The van der Waals surface area contributed by atoms with Gasteiger partial charge in [0.15, 0.2) is 0 Å². The van der Waals surface area contributed by atoms with Crippen molar-refractivity contribution in [1.82, 2.24) is 15.0 Å². The maximum Gasteiger partial charge on any atom is 0.0962 e. The van der Waals surface area contributed by atoms with E-state index in [9.17, 15) is 0 Å². The van der Waals surface area contributed by atoms with E-state index in [0.717, 1.165) is 18.7 Å². The molecule has 1 aliphatic rings. The predicted molar refractivity (Wildman–Crippen MR) is 67.7 cm³/mol. The summed E-state index contributed by atoms with van der Waals surface area (Å²) in [7, 11) is 0. The van der Waals surface area contributed by atoms with Gasteiger partial charge in [-0.2, -0.15) is 0 Å². The number of rotatable bonds is 3. The molecule has 1 unspecified atom stereocenters. The van der Waals surface area contributed by atoms with Crippen molar-refractivity contribution in [3.05, 3.63) is 41.7 Å². The Balaban J connectivity index is 1.69. The molecule has 0 aliphatic carbocycles. The van der Waals surface area contributed by atoms with Crippen LogP contribution in [0.4, 0.5) is 0 Å². The third kappa shape index (κ3) is 2.21. The zero-order valence-corrected chi connectivity index (χ0v) is 10.2. The molecule has 0 saturated carbocycles. The van der Waals surface area contributed by atoms with Crippen molar-refractivity contribution in [3.8, 4) is 0 Å². The van der Waals surface area contributed by atoms with Gasteiger partial charge < -0.3 is 5.73 Å². The van der Waals surface area contributed by atoms with Gasteiger partial charge in [-0.05, 0) is 18.1 Å². The van der Waals surface area contributed by atoms with E-state index in [2.05, 4.69) is 34.6 Å². The monoisotopic (exact) mass is 246 g/mol. The van der Waals surface area contributed by atoms with E-state index >= 15 is 0 Å². The molecule has 0 bridgehead atoms. The molecule has 17 heavy (non-hydrogen) atoms. The Labute approximate surface area is 104 Å². The molecule has 0 saturated heterocycles. The maximum atomic E-state index is 5.52. The Morgan fingerprint density at radius 1 is 1.41 bits per heavy atom. The van der Waals surface area contributed by atoms with Crippen molar-refractivity contribution in [2.45, 2.75) is 29.7 Å². The summed E-state index contributed by atoms with van der Waals surface area (Å²) < 4.78 is 1.89. The highest BCUT2D eigenvalue weighted by Crippen LogP contribution is 2.37. The number of thioether (sulfide) groups is 1. The van der Waals surface area contributed by atoms with Crippen LogP contribution in [0.2, 0.25) is 0 Å². The van der Waals surface area contributed by atoms with Crippen LogP contribution in [0.1, 0.15) is 11.3 Å². The van der Waals surface area contributed by atoms with Crippen molar-refractivity contribution in [2.75, 3.05) is 0 Å². The molecule has 1 aliphatic heterocycles. The average molecular weight is 246 g/mol. The van der Waals surface area contributed by atoms with Crippen LogP contribution in [0.3, 0.4) is 0 Å². The predicted octanol–water partition coefficient (Wildman–Crippen LogP) is 1.45. The quantitative estimate of drug-likeness (QED) is 0.890. The molecule has 1 aromatic heterocycles. The fourth-order valence-electron chi connectivity index (χ4n) is 2.09. The van der Waals surface area contributed by atoms with Gasteiger partial charge in [-0.15, -0.1) is 16.9 Å². The van der Waals surface area contributed by atoms with Crippen molar-refractivity contribution >= 4 is 11.8 Å². The largest absolute Gasteiger partial charge is 0.325 e. The lowest BCUT2D eigenvalue weighted by molar-refractivity contribution is 0.572. The van der Waals surface area contributed by atoms with Crippen LogP contribution >= 0.6 is 11.8 Å². The minimum atomic E-state index is 0.456. The van der Waals surface area contributed by atoms with Crippen LogP contribution in [0.25, 0.3) is 0 Å². The molecular weight excluding hydrogens is 232 g/mol. The Bertz CT molecular complexity index is 498. The topological polar surface area (TPSA) is 56.7 Å². The smallest absolute Gasteiger partial charge is 0.0962 e. The van der Waals surface area contributed by atoms with Crippen molar-refractivity contribution < 1.29 is 0 Å². The van der Waals surface area contributed by atoms with Gasteiger partial charge in [0.05, 0.1) is 12.2 Å². The number of nitrogens with zero attached hydrogens (tertiary/aromatic N) is 3. The molecule has 0 fully saturated rings. The van der Waals surface area contributed by atoms with E-state index in [1.165, 1.54) is 10.5 Å². The molecule has 5 heteroatoms. The summed E-state index contributed by atoms with van der Waals surface area (Å²) >= 11 is 1.93. The Morgan fingerprint density at radius 2 is 2.29 bits per heavy atom. The van der Waals surface area contributed by atoms with Gasteiger partial charge in [-0.25, -0.2) is 0 Å². The van der Waals surface area contributed by atoms with E-state index in [1.807, 2.05) is 22.6 Å². The molecule has 4 nitrogen and oxygen atoms in total. The van der Waals surface area contributed by atoms with Gasteiger partial charge in [-0.3, -0.25) is 4.68 Å². The van der Waals surface area contributed by atoms with E-state index in [0.29, 0.717) is 11.8 Å². The van der Waals surface area contributed by atoms with Crippen LogP contribution in [-0.2, 0) is 19.5 Å². The van der Waals surface area contributed by atoms with Crippen molar-refractivity contribution in [3.63, 3.8) is 0 Å². The van der Waals surface area contributed by atoms with Gasteiger partial charge in [0, 0.05) is 22.9 Å². The summed E-state index contributed by atoms with van der Waals surface area (Å²) in [6, 6.07) is 8.58. The first-order valence-electron chi connectivity index (χ1n) is 5.69. The van der Waals surface area contributed by atoms with Crippen LogP contribution in [0.15, 0.2) is 35.4 Å². The molecule has 2 aromatic rings. The second-order valence-electron chi connectivity index (χ2n) is 4.19. The molecule has 1 aromatic carbocycles. The van der Waals surface area contributed by atoms with E-state index in [1.54, 1.807) is 0 Å². The van der Waals surface area contributed by atoms with Gasteiger partial charge in [0.25, 0.3) is 0 Å². The lowest BCUT2D eigenvalue weighted by Crippen LogP contribution is -2.12. The highest BCUT2D eigenvalue weighted by atomic mass is 32.2. The molecule has 0 amide bonds. The van der Waals surface area contributed by atoms with Gasteiger partial charge >= 0.3 is 0 Å². The molecule has 2 heterocycles. The van der Waals surface area contributed by atoms with Crippen LogP contribution in [-0.4, -0.2) is 20.2 Å². The Hall–Kier alpha value is -1.33. The molecule has 0 radical (unpaired) electrons. The fourth-order valence-corrected chi connectivity index (χ4v) is 3.39. The van der Waals surface area contributed by atoms with Crippen LogP contribution < -0.4 is 5.73 Å².